The van der Waals surface area contributed by atoms with Crippen LogP contribution in [0, 0.1) is 12.7 Å². The second kappa shape index (κ2) is 8.15. The molecule has 4 aromatic rings. The monoisotopic (exact) mass is 424 g/mol. The van der Waals surface area contributed by atoms with Gasteiger partial charge in [0.1, 0.15) is 17.2 Å². The van der Waals surface area contributed by atoms with Crippen molar-refractivity contribution in [1.82, 2.24) is 9.78 Å². The molecule has 0 aliphatic carbocycles. The Hall–Kier alpha value is -4.19. The fraction of sp³-hybridized carbons (Fsp3) is 0.0769. The molecule has 5 nitrogen and oxygen atoms in total. The summed E-state index contributed by atoms with van der Waals surface area (Å²) >= 11 is 0. The van der Waals surface area contributed by atoms with Crippen LogP contribution in [-0.2, 0) is 0 Å². The summed E-state index contributed by atoms with van der Waals surface area (Å²) in [4.78, 5) is 13.0. The molecule has 2 heterocycles. The number of hydrogen-bond donors (Lipinski definition) is 2. The zero-order valence-corrected chi connectivity index (χ0v) is 17.4. The molecule has 32 heavy (non-hydrogen) atoms. The van der Waals surface area contributed by atoms with Gasteiger partial charge in [0, 0.05) is 11.4 Å². The van der Waals surface area contributed by atoms with Gasteiger partial charge in [0.2, 0.25) is 0 Å². The molecular weight excluding hydrogens is 403 g/mol. The van der Waals surface area contributed by atoms with Crippen molar-refractivity contribution in [3.05, 3.63) is 119 Å². The van der Waals surface area contributed by atoms with Gasteiger partial charge in [0.15, 0.2) is 0 Å². The topological polar surface area (TPSA) is 59.0 Å². The molecule has 1 aromatic heterocycles. The van der Waals surface area contributed by atoms with Crippen LogP contribution in [0.2, 0.25) is 0 Å². The minimum atomic E-state index is -0.355. The van der Waals surface area contributed by atoms with Gasteiger partial charge in [-0.1, -0.05) is 60.2 Å². The molecule has 1 amide bonds. The van der Waals surface area contributed by atoms with Crippen LogP contribution in [0.1, 0.15) is 33.1 Å². The summed E-state index contributed by atoms with van der Waals surface area (Å²) in [6.07, 6.45) is 3.67. The van der Waals surface area contributed by atoms with Crippen LogP contribution >= 0.6 is 0 Å². The molecule has 2 N–H and O–H groups in total. The fourth-order valence-electron chi connectivity index (χ4n) is 3.78. The van der Waals surface area contributed by atoms with E-state index < -0.39 is 0 Å². The minimum absolute atomic E-state index is 0.170. The molecule has 5 rings (SSSR count). The molecule has 1 atom stereocenters. The van der Waals surface area contributed by atoms with E-state index in [0.29, 0.717) is 17.1 Å². The number of nitrogens with one attached hydrogen (secondary N) is 2. The molecule has 0 saturated carbocycles. The zero-order valence-electron chi connectivity index (χ0n) is 17.4. The van der Waals surface area contributed by atoms with Gasteiger partial charge >= 0.3 is 0 Å². The van der Waals surface area contributed by atoms with E-state index in [2.05, 4.69) is 46.1 Å². The number of fused-ring (bicyclic) bond motifs is 1. The van der Waals surface area contributed by atoms with E-state index in [1.165, 1.54) is 29.8 Å². The molecule has 0 radical (unpaired) electrons. The molecule has 1 aliphatic heterocycles. The summed E-state index contributed by atoms with van der Waals surface area (Å²) in [5.74, 6) is -0.0648. The second-order valence-electron chi connectivity index (χ2n) is 7.74. The highest BCUT2D eigenvalue weighted by atomic mass is 19.1. The maximum absolute atomic E-state index is 13.2. The van der Waals surface area contributed by atoms with Crippen molar-refractivity contribution in [1.29, 1.82) is 0 Å². The first-order valence-electron chi connectivity index (χ1n) is 10.3. The molecule has 3 aromatic carbocycles. The number of allylic oxidation sites excluding steroid dienone is 1. The highest BCUT2D eigenvalue weighted by Gasteiger charge is 2.27. The average Bonchev–Trinajstić information content (AvgIpc) is 3.25. The maximum atomic E-state index is 13.2. The maximum Gasteiger partial charge on any atom is 0.261 e. The lowest BCUT2D eigenvalue weighted by Gasteiger charge is -2.26. The number of benzene rings is 3. The number of amides is 1. The third-order valence-electron chi connectivity index (χ3n) is 5.49. The average molecular weight is 424 g/mol. The number of halogens is 1. The number of rotatable bonds is 4. The number of carbonyl (C=O) groups is 1. The first-order valence-corrected chi connectivity index (χ1v) is 10.3. The highest BCUT2D eigenvalue weighted by Crippen LogP contribution is 2.35. The normalized spacial score (nSPS) is 14.8. The van der Waals surface area contributed by atoms with Crippen LogP contribution in [0.5, 0.6) is 0 Å². The van der Waals surface area contributed by atoms with Gasteiger partial charge in [-0.05, 0) is 48.4 Å². The van der Waals surface area contributed by atoms with Gasteiger partial charge in [-0.2, -0.15) is 5.10 Å². The van der Waals surface area contributed by atoms with Gasteiger partial charge in [-0.15, -0.1) is 0 Å². The third-order valence-corrected chi connectivity index (χ3v) is 5.49. The summed E-state index contributed by atoms with van der Waals surface area (Å²) < 4.78 is 15.0. The van der Waals surface area contributed by atoms with Crippen molar-refractivity contribution >= 4 is 23.1 Å². The van der Waals surface area contributed by atoms with Gasteiger partial charge < -0.3 is 10.6 Å². The Morgan fingerprint density at radius 1 is 1.00 bits per heavy atom. The number of aromatic nitrogens is 2. The quantitative estimate of drug-likeness (QED) is 0.446. The zero-order chi connectivity index (χ0) is 22.1. The minimum Gasteiger partial charge on any atom is -0.339 e. The lowest BCUT2D eigenvalue weighted by Crippen LogP contribution is -2.22. The molecule has 1 aliphatic rings. The SMILES string of the molecule is Cc1ccc(C2=C[C@H](c3ccccc3)n3ncc(C(=O)Nc4ccc(F)cc4)c3N2)cc1. The van der Waals surface area contributed by atoms with E-state index >= 15 is 0 Å². The molecule has 158 valence electrons. The summed E-state index contributed by atoms with van der Waals surface area (Å²) in [5, 5.41) is 10.7. The lowest BCUT2D eigenvalue weighted by molar-refractivity contribution is 0.102. The summed E-state index contributed by atoms with van der Waals surface area (Å²) in [7, 11) is 0. The molecule has 0 spiro atoms. The van der Waals surface area contributed by atoms with Crippen molar-refractivity contribution in [3.63, 3.8) is 0 Å². The predicted octanol–water partition coefficient (Wildman–Crippen LogP) is 5.64. The van der Waals surface area contributed by atoms with Gasteiger partial charge in [-0.25, -0.2) is 9.07 Å². The van der Waals surface area contributed by atoms with Crippen LogP contribution in [0.25, 0.3) is 5.70 Å². The van der Waals surface area contributed by atoms with Crippen molar-refractivity contribution < 1.29 is 9.18 Å². The molecular formula is C26H21FN4O. The van der Waals surface area contributed by atoms with E-state index in [-0.39, 0.29) is 17.8 Å². The van der Waals surface area contributed by atoms with Gasteiger partial charge in [-0.3, -0.25) is 4.79 Å². The standard InChI is InChI=1S/C26H21FN4O/c1-17-7-9-18(10-8-17)23-15-24(19-5-3-2-4-6-19)31-25(30-23)22(16-28-31)26(32)29-21-13-11-20(27)12-14-21/h2-16,24,30H,1H3,(H,29,32)/t24-/m1/s1. The Morgan fingerprint density at radius 3 is 2.44 bits per heavy atom. The summed E-state index contributed by atoms with van der Waals surface area (Å²) in [5.41, 5.74) is 5.09. The Balaban J connectivity index is 1.54. The van der Waals surface area contributed by atoms with Crippen LogP contribution in [0.4, 0.5) is 15.9 Å². The van der Waals surface area contributed by atoms with Gasteiger partial charge in [0.05, 0.1) is 12.2 Å². The van der Waals surface area contributed by atoms with E-state index in [4.69, 9.17) is 0 Å². The predicted molar refractivity (Wildman–Crippen MR) is 124 cm³/mol. The Labute approximate surface area is 185 Å². The van der Waals surface area contributed by atoms with E-state index in [1.807, 2.05) is 41.9 Å². The van der Waals surface area contributed by atoms with Crippen LogP contribution in [0.15, 0.2) is 91.1 Å². The van der Waals surface area contributed by atoms with Gasteiger partial charge in [0.25, 0.3) is 5.91 Å². The van der Waals surface area contributed by atoms with Crippen molar-refractivity contribution in [2.45, 2.75) is 13.0 Å². The number of nitrogens with zero attached hydrogens (tertiary/aromatic N) is 2. The first-order chi connectivity index (χ1) is 15.6. The third kappa shape index (κ3) is 3.78. The number of hydrogen-bond acceptors (Lipinski definition) is 3. The highest BCUT2D eigenvalue weighted by molar-refractivity contribution is 6.08. The molecule has 0 fully saturated rings. The lowest BCUT2D eigenvalue weighted by atomic mass is 10.0. The number of anilines is 2. The van der Waals surface area contributed by atoms with Crippen molar-refractivity contribution in [3.8, 4) is 0 Å². The van der Waals surface area contributed by atoms with Crippen LogP contribution in [0.3, 0.4) is 0 Å². The largest absolute Gasteiger partial charge is 0.339 e. The number of carbonyl (C=O) groups excluding carboxylic acids is 1. The Bertz CT molecular complexity index is 1290. The molecule has 6 heteroatoms. The van der Waals surface area contributed by atoms with Crippen molar-refractivity contribution in [2.75, 3.05) is 10.6 Å². The van der Waals surface area contributed by atoms with Crippen molar-refractivity contribution in [2.24, 2.45) is 0 Å². The second-order valence-corrected chi connectivity index (χ2v) is 7.74. The first kappa shape index (κ1) is 19.8. The summed E-state index contributed by atoms with van der Waals surface area (Å²) in [6, 6.07) is 23.8. The number of aryl methyl sites for hydroxylation is 1. The molecule has 0 bridgehead atoms. The van der Waals surface area contributed by atoms with E-state index in [0.717, 1.165) is 16.8 Å². The van der Waals surface area contributed by atoms with E-state index in [9.17, 15) is 9.18 Å². The Kier molecular flexibility index (Phi) is 5.03. The van der Waals surface area contributed by atoms with E-state index in [1.54, 1.807) is 6.20 Å². The summed E-state index contributed by atoms with van der Waals surface area (Å²) in [6.45, 7) is 2.05. The fourth-order valence-corrected chi connectivity index (χ4v) is 3.78. The van der Waals surface area contributed by atoms with Crippen LogP contribution in [-0.4, -0.2) is 15.7 Å². The molecule has 0 unspecified atom stereocenters. The molecule has 0 saturated heterocycles. The smallest absolute Gasteiger partial charge is 0.261 e. The Morgan fingerprint density at radius 2 is 1.72 bits per heavy atom. The van der Waals surface area contributed by atoms with Crippen LogP contribution < -0.4 is 10.6 Å².